The molecule has 0 aliphatic rings. The van der Waals surface area contributed by atoms with Crippen LogP contribution in [0.4, 0.5) is 11.5 Å². The van der Waals surface area contributed by atoms with E-state index in [1.165, 1.54) is 0 Å². The molecule has 0 aliphatic carbocycles. The number of ether oxygens (including phenoxy) is 1. The first-order valence-corrected chi connectivity index (χ1v) is 6.02. The number of halogens is 1. The standard InChI is InChI=1S/C13H13BrN2O/c1-9-12(14)6-7-13(15-9)16-10-4-3-5-11(8-10)17-2/h3-8H,1-2H3,(H,15,16). The van der Waals surface area contributed by atoms with E-state index in [1.54, 1.807) is 7.11 Å². The summed E-state index contributed by atoms with van der Waals surface area (Å²) in [6.45, 7) is 1.96. The molecule has 0 amide bonds. The largest absolute Gasteiger partial charge is 0.497 e. The summed E-state index contributed by atoms with van der Waals surface area (Å²) < 4.78 is 6.18. The highest BCUT2D eigenvalue weighted by Gasteiger charge is 2.00. The average Bonchev–Trinajstić information content (AvgIpc) is 2.34. The molecule has 0 fully saturated rings. The minimum Gasteiger partial charge on any atom is -0.497 e. The number of hydrogen-bond donors (Lipinski definition) is 1. The van der Waals surface area contributed by atoms with Crippen LogP contribution in [-0.4, -0.2) is 12.1 Å². The zero-order valence-corrected chi connectivity index (χ0v) is 11.3. The van der Waals surface area contributed by atoms with Gasteiger partial charge >= 0.3 is 0 Å². The maximum atomic E-state index is 5.17. The zero-order valence-electron chi connectivity index (χ0n) is 9.70. The summed E-state index contributed by atoms with van der Waals surface area (Å²) in [7, 11) is 1.65. The summed E-state index contributed by atoms with van der Waals surface area (Å²) in [5.41, 5.74) is 1.91. The van der Waals surface area contributed by atoms with Crippen molar-refractivity contribution < 1.29 is 4.74 Å². The molecule has 3 nitrogen and oxygen atoms in total. The van der Waals surface area contributed by atoms with Crippen molar-refractivity contribution in [3.05, 3.63) is 46.6 Å². The van der Waals surface area contributed by atoms with Gasteiger partial charge in [-0.3, -0.25) is 0 Å². The van der Waals surface area contributed by atoms with E-state index < -0.39 is 0 Å². The molecule has 0 saturated carbocycles. The van der Waals surface area contributed by atoms with E-state index in [9.17, 15) is 0 Å². The van der Waals surface area contributed by atoms with E-state index >= 15 is 0 Å². The van der Waals surface area contributed by atoms with Crippen molar-refractivity contribution in [1.82, 2.24) is 4.98 Å². The lowest BCUT2D eigenvalue weighted by atomic mass is 10.3. The molecule has 0 unspecified atom stereocenters. The number of aryl methyl sites for hydroxylation is 1. The monoisotopic (exact) mass is 292 g/mol. The summed E-state index contributed by atoms with van der Waals surface area (Å²) in [6, 6.07) is 11.7. The molecular weight excluding hydrogens is 280 g/mol. The maximum absolute atomic E-state index is 5.17. The Labute approximate surface area is 109 Å². The van der Waals surface area contributed by atoms with Gasteiger partial charge in [0.15, 0.2) is 0 Å². The summed E-state index contributed by atoms with van der Waals surface area (Å²) in [6.07, 6.45) is 0. The average molecular weight is 293 g/mol. The summed E-state index contributed by atoms with van der Waals surface area (Å²) in [5, 5.41) is 3.23. The number of anilines is 2. The lowest BCUT2D eigenvalue weighted by Gasteiger charge is -2.08. The molecule has 17 heavy (non-hydrogen) atoms. The van der Waals surface area contributed by atoms with Crippen LogP contribution in [0.5, 0.6) is 5.75 Å². The second-order valence-electron chi connectivity index (χ2n) is 3.62. The Morgan fingerprint density at radius 1 is 1.24 bits per heavy atom. The van der Waals surface area contributed by atoms with E-state index in [0.717, 1.165) is 27.4 Å². The van der Waals surface area contributed by atoms with Crippen LogP contribution in [-0.2, 0) is 0 Å². The molecule has 0 spiro atoms. The number of aromatic nitrogens is 1. The number of nitrogens with zero attached hydrogens (tertiary/aromatic N) is 1. The number of methoxy groups -OCH3 is 1. The van der Waals surface area contributed by atoms with E-state index in [0.29, 0.717) is 0 Å². The van der Waals surface area contributed by atoms with Crippen LogP contribution in [0.1, 0.15) is 5.69 Å². The first kappa shape index (κ1) is 11.9. The van der Waals surface area contributed by atoms with Crippen molar-refractivity contribution in [1.29, 1.82) is 0 Å². The molecule has 4 heteroatoms. The van der Waals surface area contributed by atoms with E-state index in [1.807, 2.05) is 43.3 Å². The summed E-state index contributed by atoms with van der Waals surface area (Å²) >= 11 is 3.43. The summed E-state index contributed by atoms with van der Waals surface area (Å²) in [4.78, 5) is 4.42. The van der Waals surface area contributed by atoms with Crippen molar-refractivity contribution in [2.75, 3.05) is 12.4 Å². The fourth-order valence-electron chi connectivity index (χ4n) is 1.46. The molecule has 0 aliphatic heterocycles. The molecular formula is C13H13BrN2O. The van der Waals surface area contributed by atoms with Gasteiger partial charge in [-0.15, -0.1) is 0 Å². The number of hydrogen-bond acceptors (Lipinski definition) is 3. The van der Waals surface area contributed by atoms with Crippen LogP contribution in [0.25, 0.3) is 0 Å². The van der Waals surface area contributed by atoms with Crippen molar-refractivity contribution >= 4 is 27.4 Å². The Morgan fingerprint density at radius 3 is 2.76 bits per heavy atom. The number of nitrogens with one attached hydrogen (secondary N) is 1. The van der Waals surface area contributed by atoms with Gasteiger partial charge in [0.2, 0.25) is 0 Å². The third-order valence-electron chi connectivity index (χ3n) is 2.36. The van der Waals surface area contributed by atoms with Crippen LogP contribution < -0.4 is 10.1 Å². The molecule has 1 heterocycles. The predicted octanol–water partition coefficient (Wildman–Crippen LogP) is 3.90. The van der Waals surface area contributed by atoms with Crippen LogP contribution in [0.2, 0.25) is 0 Å². The van der Waals surface area contributed by atoms with Gasteiger partial charge in [0.05, 0.1) is 12.8 Å². The third-order valence-corrected chi connectivity index (χ3v) is 3.20. The Kier molecular flexibility index (Phi) is 3.64. The minimum atomic E-state index is 0.818. The van der Waals surface area contributed by atoms with E-state index in [4.69, 9.17) is 4.74 Å². The third kappa shape index (κ3) is 2.97. The van der Waals surface area contributed by atoms with Crippen LogP contribution in [0.15, 0.2) is 40.9 Å². The molecule has 0 radical (unpaired) electrons. The molecule has 0 bridgehead atoms. The van der Waals surface area contributed by atoms with E-state index in [2.05, 4.69) is 26.2 Å². The van der Waals surface area contributed by atoms with Gasteiger partial charge in [0.25, 0.3) is 0 Å². The second-order valence-corrected chi connectivity index (χ2v) is 4.48. The SMILES string of the molecule is COc1cccc(Nc2ccc(Br)c(C)n2)c1. The Morgan fingerprint density at radius 2 is 2.06 bits per heavy atom. The highest BCUT2D eigenvalue weighted by atomic mass is 79.9. The first-order chi connectivity index (χ1) is 8.19. The molecule has 2 aromatic rings. The Bertz CT molecular complexity index is 529. The molecule has 0 saturated heterocycles. The Hall–Kier alpha value is -1.55. The van der Waals surface area contributed by atoms with Crippen LogP contribution in [0.3, 0.4) is 0 Å². The van der Waals surface area contributed by atoms with Gasteiger partial charge in [0, 0.05) is 16.2 Å². The van der Waals surface area contributed by atoms with Gasteiger partial charge in [-0.1, -0.05) is 6.07 Å². The van der Waals surface area contributed by atoms with E-state index in [-0.39, 0.29) is 0 Å². The van der Waals surface area contributed by atoms with Crippen molar-refractivity contribution in [2.45, 2.75) is 6.92 Å². The number of pyridine rings is 1. The summed E-state index contributed by atoms with van der Waals surface area (Å²) in [5.74, 6) is 1.64. The fourth-order valence-corrected chi connectivity index (χ4v) is 1.68. The van der Waals surface area contributed by atoms with Crippen molar-refractivity contribution in [2.24, 2.45) is 0 Å². The fraction of sp³-hybridized carbons (Fsp3) is 0.154. The van der Waals surface area contributed by atoms with Gasteiger partial charge in [-0.25, -0.2) is 4.98 Å². The van der Waals surface area contributed by atoms with Gasteiger partial charge in [0.1, 0.15) is 11.6 Å². The molecule has 1 aromatic carbocycles. The quantitative estimate of drug-likeness (QED) is 0.931. The Balaban J connectivity index is 2.22. The highest BCUT2D eigenvalue weighted by Crippen LogP contribution is 2.22. The van der Waals surface area contributed by atoms with Gasteiger partial charge in [-0.2, -0.15) is 0 Å². The lowest BCUT2D eigenvalue weighted by Crippen LogP contribution is -1.95. The van der Waals surface area contributed by atoms with Gasteiger partial charge in [-0.05, 0) is 47.1 Å². The zero-order chi connectivity index (χ0) is 12.3. The first-order valence-electron chi connectivity index (χ1n) is 5.23. The minimum absolute atomic E-state index is 0.818. The number of rotatable bonds is 3. The normalized spacial score (nSPS) is 10.1. The second kappa shape index (κ2) is 5.19. The van der Waals surface area contributed by atoms with Gasteiger partial charge < -0.3 is 10.1 Å². The van der Waals surface area contributed by atoms with Crippen molar-refractivity contribution in [3.8, 4) is 5.75 Å². The molecule has 1 N–H and O–H groups in total. The van der Waals surface area contributed by atoms with Crippen molar-refractivity contribution in [3.63, 3.8) is 0 Å². The topological polar surface area (TPSA) is 34.1 Å². The molecule has 88 valence electrons. The smallest absolute Gasteiger partial charge is 0.130 e. The molecule has 1 aromatic heterocycles. The predicted molar refractivity (Wildman–Crippen MR) is 73.0 cm³/mol. The molecule has 0 atom stereocenters. The highest BCUT2D eigenvalue weighted by molar-refractivity contribution is 9.10. The van der Waals surface area contributed by atoms with Crippen LogP contribution >= 0.6 is 15.9 Å². The lowest BCUT2D eigenvalue weighted by molar-refractivity contribution is 0.415. The molecule has 2 rings (SSSR count). The maximum Gasteiger partial charge on any atom is 0.130 e. The van der Waals surface area contributed by atoms with Crippen LogP contribution in [0, 0.1) is 6.92 Å². The number of benzene rings is 1.